The summed E-state index contributed by atoms with van der Waals surface area (Å²) in [5, 5.41) is 14.1. The maximum atomic E-state index is 13.9. The molecule has 0 amide bonds. The molecular formula is C17H11F4NO4S. The molecule has 142 valence electrons. The highest BCUT2D eigenvalue weighted by atomic mass is 32.2. The zero-order chi connectivity index (χ0) is 20.1. The quantitative estimate of drug-likeness (QED) is 0.786. The minimum atomic E-state index is -5.31. The monoisotopic (exact) mass is 401 g/mol. The van der Waals surface area contributed by atoms with Gasteiger partial charge in [-0.05, 0) is 42.8 Å². The lowest BCUT2D eigenvalue weighted by Gasteiger charge is -2.17. The molecule has 27 heavy (non-hydrogen) atoms. The van der Waals surface area contributed by atoms with Gasteiger partial charge in [-0.15, -0.1) is 0 Å². The fraction of sp³-hybridized carbons (Fsp3) is 0.235. The SMILES string of the molecule is Cc1cc(C#N)cc(Oc2ccc3c(c2C(F)F)C(O)C(F)(F)S3(=O)=O)c1. The second kappa shape index (κ2) is 6.21. The standard InChI is InChI=1S/C17H11F4NO4S/c1-8-4-9(7-22)6-10(5-8)26-11-2-3-12-14(13(11)16(18)19)15(23)17(20,21)27(12,24)25/h2-6,15-16,23H,1H3. The Hall–Kier alpha value is -2.64. The average molecular weight is 401 g/mol. The minimum absolute atomic E-state index is 0.0181. The van der Waals surface area contributed by atoms with Gasteiger partial charge in [0.1, 0.15) is 11.5 Å². The third-order valence-electron chi connectivity index (χ3n) is 4.07. The van der Waals surface area contributed by atoms with Crippen LogP contribution in [0, 0.1) is 18.3 Å². The second-order valence-corrected chi connectivity index (χ2v) is 7.90. The van der Waals surface area contributed by atoms with Crippen LogP contribution in [0.3, 0.4) is 0 Å². The Kier molecular flexibility index (Phi) is 4.40. The van der Waals surface area contributed by atoms with Gasteiger partial charge in [-0.2, -0.15) is 14.0 Å². The normalized spacial score (nSPS) is 19.6. The predicted octanol–water partition coefficient (Wildman–Crippen LogP) is 4.01. The van der Waals surface area contributed by atoms with Crippen LogP contribution >= 0.6 is 0 Å². The number of hydrogen-bond donors (Lipinski definition) is 1. The van der Waals surface area contributed by atoms with Crippen LogP contribution in [-0.4, -0.2) is 18.8 Å². The Bertz CT molecular complexity index is 1080. The van der Waals surface area contributed by atoms with Crippen LogP contribution in [0.1, 0.15) is 34.8 Å². The molecule has 0 saturated carbocycles. The van der Waals surface area contributed by atoms with E-state index in [1.54, 1.807) is 6.92 Å². The van der Waals surface area contributed by atoms with Crippen LogP contribution in [0.4, 0.5) is 17.6 Å². The summed E-state index contributed by atoms with van der Waals surface area (Å²) in [6, 6.07) is 7.55. The average Bonchev–Trinajstić information content (AvgIpc) is 2.71. The number of nitriles is 1. The van der Waals surface area contributed by atoms with Gasteiger partial charge in [0.05, 0.1) is 22.1 Å². The number of fused-ring (bicyclic) bond motifs is 1. The van der Waals surface area contributed by atoms with Crippen LogP contribution in [0.2, 0.25) is 0 Å². The van der Waals surface area contributed by atoms with Crippen molar-refractivity contribution >= 4 is 9.84 Å². The van der Waals surface area contributed by atoms with Crippen LogP contribution in [-0.2, 0) is 9.84 Å². The van der Waals surface area contributed by atoms with Gasteiger partial charge in [0.2, 0.25) is 9.84 Å². The zero-order valence-electron chi connectivity index (χ0n) is 13.6. The molecule has 0 aliphatic carbocycles. The largest absolute Gasteiger partial charge is 0.457 e. The van der Waals surface area contributed by atoms with Crippen molar-refractivity contribution in [1.29, 1.82) is 5.26 Å². The Balaban J connectivity index is 2.20. The molecule has 0 fully saturated rings. The van der Waals surface area contributed by atoms with E-state index in [2.05, 4.69) is 0 Å². The van der Waals surface area contributed by atoms with Crippen molar-refractivity contribution in [3.8, 4) is 17.6 Å². The summed E-state index contributed by atoms with van der Waals surface area (Å²) in [7, 11) is -5.31. The van der Waals surface area contributed by atoms with Gasteiger partial charge in [0, 0.05) is 5.56 Å². The number of rotatable bonds is 3. The number of benzene rings is 2. The topological polar surface area (TPSA) is 87.4 Å². The van der Waals surface area contributed by atoms with E-state index in [0.717, 1.165) is 6.07 Å². The molecule has 0 saturated heterocycles. The number of alkyl halides is 4. The van der Waals surface area contributed by atoms with E-state index in [4.69, 9.17) is 10.00 Å². The number of halogens is 4. The first-order chi connectivity index (χ1) is 12.5. The highest BCUT2D eigenvalue weighted by Crippen LogP contribution is 2.53. The molecule has 10 heteroatoms. The number of ether oxygens (including phenoxy) is 1. The van der Waals surface area contributed by atoms with Crippen molar-refractivity contribution in [2.24, 2.45) is 0 Å². The van der Waals surface area contributed by atoms with E-state index >= 15 is 0 Å². The first kappa shape index (κ1) is 19.1. The number of nitrogens with zero attached hydrogens (tertiary/aromatic N) is 1. The molecule has 3 rings (SSSR count). The number of aliphatic hydroxyl groups is 1. The van der Waals surface area contributed by atoms with Gasteiger partial charge < -0.3 is 9.84 Å². The molecular weight excluding hydrogens is 390 g/mol. The number of aliphatic hydroxyl groups excluding tert-OH is 1. The van der Waals surface area contributed by atoms with Crippen LogP contribution in [0.25, 0.3) is 0 Å². The lowest BCUT2D eigenvalue weighted by Crippen LogP contribution is -2.28. The third-order valence-corrected chi connectivity index (χ3v) is 5.95. The van der Waals surface area contributed by atoms with Gasteiger partial charge in [-0.25, -0.2) is 17.2 Å². The molecule has 2 aromatic carbocycles. The molecule has 2 aromatic rings. The van der Waals surface area contributed by atoms with Crippen molar-refractivity contribution in [2.75, 3.05) is 0 Å². The number of aryl methyl sites for hydroxylation is 1. The molecule has 0 spiro atoms. The van der Waals surface area contributed by atoms with Crippen LogP contribution in [0.5, 0.6) is 11.5 Å². The predicted molar refractivity (Wildman–Crippen MR) is 84.5 cm³/mol. The summed E-state index contributed by atoms with van der Waals surface area (Å²) in [5.74, 6) is -0.610. The van der Waals surface area contributed by atoms with E-state index in [9.17, 15) is 31.1 Å². The molecule has 1 unspecified atom stereocenters. The van der Waals surface area contributed by atoms with Crippen molar-refractivity contribution in [3.63, 3.8) is 0 Å². The van der Waals surface area contributed by atoms with E-state index in [1.807, 2.05) is 6.07 Å². The summed E-state index contributed by atoms with van der Waals surface area (Å²) in [5.41, 5.74) is -1.46. The number of sulfone groups is 1. The zero-order valence-corrected chi connectivity index (χ0v) is 14.4. The lowest BCUT2D eigenvalue weighted by molar-refractivity contribution is -0.0391. The molecule has 1 aliphatic heterocycles. The summed E-state index contributed by atoms with van der Waals surface area (Å²) in [6.07, 6.45) is -6.34. The Morgan fingerprint density at radius 3 is 2.52 bits per heavy atom. The van der Waals surface area contributed by atoms with E-state index in [-0.39, 0.29) is 11.3 Å². The molecule has 1 atom stereocenters. The Morgan fingerprint density at radius 2 is 1.93 bits per heavy atom. The maximum Gasteiger partial charge on any atom is 0.379 e. The maximum absolute atomic E-state index is 13.9. The molecule has 0 aromatic heterocycles. The fourth-order valence-electron chi connectivity index (χ4n) is 2.89. The fourth-order valence-corrected chi connectivity index (χ4v) is 4.35. The number of hydrogen-bond acceptors (Lipinski definition) is 5. The summed E-state index contributed by atoms with van der Waals surface area (Å²) in [4.78, 5) is -1.07. The van der Waals surface area contributed by atoms with Crippen molar-refractivity contribution < 1.29 is 35.8 Å². The first-order valence-corrected chi connectivity index (χ1v) is 8.94. The Morgan fingerprint density at radius 1 is 1.26 bits per heavy atom. The highest BCUT2D eigenvalue weighted by molar-refractivity contribution is 7.92. The second-order valence-electron chi connectivity index (χ2n) is 5.91. The lowest BCUT2D eigenvalue weighted by atomic mass is 10.0. The van der Waals surface area contributed by atoms with E-state index < -0.39 is 49.4 Å². The summed E-state index contributed by atoms with van der Waals surface area (Å²) < 4.78 is 84.0. The molecule has 1 heterocycles. The molecule has 1 aliphatic rings. The van der Waals surface area contributed by atoms with Gasteiger partial charge in [0.25, 0.3) is 6.43 Å². The molecule has 0 radical (unpaired) electrons. The van der Waals surface area contributed by atoms with Crippen molar-refractivity contribution in [1.82, 2.24) is 0 Å². The van der Waals surface area contributed by atoms with E-state index in [0.29, 0.717) is 11.6 Å². The molecule has 5 nitrogen and oxygen atoms in total. The highest BCUT2D eigenvalue weighted by Gasteiger charge is 2.61. The van der Waals surface area contributed by atoms with Gasteiger partial charge in [-0.1, -0.05) is 0 Å². The van der Waals surface area contributed by atoms with Gasteiger partial charge in [0.15, 0.2) is 6.10 Å². The summed E-state index contributed by atoms with van der Waals surface area (Å²) in [6.45, 7) is 1.63. The molecule has 1 N–H and O–H groups in total. The van der Waals surface area contributed by atoms with Crippen LogP contribution in [0.15, 0.2) is 35.2 Å². The van der Waals surface area contributed by atoms with E-state index in [1.165, 1.54) is 18.2 Å². The van der Waals surface area contributed by atoms with Crippen LogP contribution < -0.4 is 4.74 Å². The van der Waals surface area contributed by atoms with Gasteiger partial charge >= 0.3 is 5.25 Å². The molecule has 0 bridgehead atoms. The summed E-state index contributed by atoms with van der Waals surface area (Å²) >= 11 is 0. The van der Waals surface area contributed by atoms with Gasteiger partial charge in [-0.3, -0.25) is 0 Å². The first-order valence-electron chi connectivity index (χ1n) is 7.45. The minimum Gasteiger partial charge on any atom is -0.457 e. The van der Waals surface area contributed by atoms with Crippen molar-refractivity contribution in [2.45, 2.75) is 29.6 Å². The van der Waals surface area contributed by atoms with Crippen molar-refractivity contribution in [3.05, 3.63) is 52.6 Å². The smallest absolute Gasteiger partial charge is 0.379 e. The Labute approximate surface area is 151 Å². The third kappa shape index (κ3) is 2.83.